The van der Waals surface area contributed by atoms with Crippen LogP contribution in [0.5, 0.6) is 0 Å². The molecule has 2 amide bonds. The zero-order chi connectivity index (χ0) is 25.3. The lowest BCUT2D eigenvalue weighted by atomic mass is 10.1. The van der Waals surface area contributed by atoms with Crippen molar-refractivity contribution >= 4 is 40.4 Å². The Bertz CT molecular complexity index is 1190. The molecule has 1 aromatic heterocycles. The van der Waals surface area contributed by atoms with Crippen LogP contribution in [0.4, 0.5) is 0 Å². The van der Waals surface area contributed by atoms with E-state index in [-0.39, 0.29) is 23.0 Å². The molecule has 1 fully saturated rings. The number of aliphatic imine (C=N–C) groups is 1. The Balaban J connectivity index is 1.49. The molecule has 2 aromatic carbocycles. The molecule has 0 radical (unpaired) electrons. The Morgan fingerprint density at radius 2 is 1.86 bits per heavy atom. The number of hydrogen-bond donors (Lipinski definition) is 4. The van der Waals surface area contributed by atoms with E-state index in [4.69, 9.17) is 11.5 Å². The van der Waals surface area contributed by atoms with Crippen molar-refractivity contribution in [3.8, 4) is 0 Å². The summed E-state index contributed by atoms with van der Waals surface area (Å²) in [6, 6.07) is 17.6. The third kappa shape index (κ3) is 6.81. The zero-order valence-electron chi connectivity index (χ0n) is 20.4. The van der Waals surface area contributed by atoms with Crippen LogP contribution in [0.3, 0.4) is 0 Å². The number of benzene rings is 2. The SMILES string of the molecule is NC(N)=NCCC[C@H]1NC(=O)[C@H](Cc2c[nH]c3ccccc23)SCCN(CCc2ccccc2)C1=O. The predicted molar refractivity (Wildman–Crippen MR) is 147 cm³/mol. The van der Waals surface area contributed by atoms with E-state index >= 15 is 0 Å². The highest BCUT2D eigenvalue weighted by molar-refractivity contribution is 8.00. The molecule has 0 spiro atoms. The second-order valence-electron chi connectivity index (χ2n) is 8.99. The molecule has 3 aromatic rings. The minimum Gasteiger partial charge on any atom is -0.370 e. The molecule has 9 heteroatoms. The number of aromatic amines is 1. The molecule has 2 atom stereocenters. The minimum atomic E-state index is -0.605. The molecule has 0 aliphatic carbocycles. The summed E-state index contributed by atoms with van der Waals surface area (Å²) in [5.74, 6) is 0.578. The van der Waals surface area contributed by atoms with Gasteiger partial charge >= 0.3 is 0 Å². The maximum atomic E-state index is 13.6. The van der Waals surface area contributed by atoms with Gasteiger partial charge in [-0.3, -0.25) is 14.6 Å². The maximum absolute atomic E-state index is 13.6. The number of carbonyl (C=O) groups excluding carboxylic acids is 2. The van der Waals surface area contributed by atoms with Crippen molar-refractivity contribution in [3.05, 3.63) is 71.9 Å². The van der Waals surface area contributed by atoms with Crippen LogP contribution in [0.1, 0.15) is 24.0 Å². The van der Waals surface area contributed by atoms with Crippen LogP contribution < -0.4 is 16.8 Å². The lowest BCUT2D eigenvalue weighted by Gasteiger charge is -2.27. The molecule has 1 aliphatic heterocycles. The van der Waals surface area contributed by atoms with E-state index in [0.717, 1.165) is 22.9 Å². The smallest absolute Gasteiger partial charge is 0.245 e. The molecular formula is C27H34N6O2S. The van der Waals surface area contributed by atoms with E-state index < -0.39 is 6.04 Å². The van der Waals surface area contributed by atoms with Crippen LogP contribution in [0, 0.1) is 0 Å². The molecule has 8 nitrogen and oxygen atoms in total. The number of rotatable bonds is 9. The molecule has 1 aliphatic rings. The Morgan fingerprint density at radius 1 is 1.08 bits per heavy atom. The fourth-order valence-corrected chi connectivity index (χ4v) is 5.65. The van der Waals surface area contributed by atoms with Gasteiger partial charge in [0.15, 0.2) is 5.96 Å². The average Bonchev–Trinajstić information content (AvgIpc) is 3.31. The fourth-order valence-electron chi connectivity index (χ4n) is 4.52. The number of H-pyrrole nitrogens is 1. The Morgan fingerprint density at radius 3 is 2.67 bits per heavy atom. The van der Waals surface area contributed by atoms with Crippen LogP contribution in [-0.4, -0.2) is 64.3 Å². The zero-order valence-corrected chi connectivity index (χ0v) is 21.2. The lowest BCUT2D eigenvalue weighted by Crippen LogP contribution is -2.50. The van der Waals surface area contributed by atoms with E-state index in [2.05, 4.69) is 33.5 Å². The average molecular weight is 507 g/mol. The van der Waals surface area contributed by atoms with Crippen molar-refractivity contribution in [2.24, 2.45) is 16.5 Å². The first-order chi connectivity index (χ1) is 17.5. The summed E-state index contributed by atoms with van der Waals surface area (Å²) in [5, 5.41) is 3.90. The number of hydrogen-bond acceptors (Lipinski definition) is 4. The third-order valence-corrected chi connectivity index (χ3v) is 7.64. The summed E-state index contributed by atoms with van der Waals surface area (Å²) < 4.78 is 0. The van der Waals surface area contributed by atoms with Crippen LogP contribution in [0.2, 0.25) is 0 Å². The second-order valence-corrected chi connectivity index (χ2v) is 10.3. The van der Waals surface area contributed by atoms with Crippen molar-refractivity contribution < 1.29 is 9.59 Å². The molecule has 190 valence electrons. The van der Waals surface area contributed by atoms with Gasteiger partial charge in [0.25, 0.3) is 0 Å². The topological polar surface area (TPSA) is 130 Å². The number of fused-ring (bicyclic) bond motifs is 1. The van der Waals surface area contributed by atoms with Crippen LogP contribution in [0.15, 0.2) is 65.8 Å². The summed E-state index contributed by atoms with van der Waals surface area (Å²) >= 11 is 1.61. The van der Waals surface area contributed by atoms with Crippen molar-refractivity contribution in [2.45, 2.75) is 37.0 Å². The second kappa shape index (κ2) is 12.5. The third-order valence-electron chi connectivity index (χ3n) is 6.44. The van der Waals surface area contributed by atoms with Crippen molar-refractivity contribution in [1.29, 1.82) is 0 Å². The minimum absolute atomic E-state index is 0.0273. The summed E-state index contributed by atoms with van der Waals surface area (Å²) in [5.41, 5.74) is 14.2. The van der Waals surface area contributed by atoms with Crippen molar-refractivity contribution in [2.75, 3.05) is 25.4 Å². The van der Waals surface area contributed by atoms with Crippen molar-refractivity contribution in [1.82, 2.24) is 15.2 Å². The Kier molecular flexibility index (Phi) is 8.89. The first-order valence-electron chi connectivity index (χ1n) is 12.4. The van der Waals surface area contributed by atoms with Crippen LogP contribution in [-0.2, 0) is 22.4 Å². The number of guanidine groups is 1. The highest BCUT2D eigenvalue weighted by atomic mass is 32.2. The predicted octanol–water partition coefficient (Wildman–Crippen LogP) is 2.44. The number of amides is 2. The largest absolute Gasteiger partial charge is 0.370 e. The van der Waals surface area contributed by atoms with E-state index in [1.165, 1.54) is 5.56 Å². The van der Waals surface area contributed by atoms with E-state index in [1.54, 1.807) is 11.8 Å². The molecule has 1 saturated heterocycles. The highest BCUT2D eigenvalue weighted by Gasteiger charge is 2.31. The molecule has 2 heterocycles. The number of nitrogens with two attached hydrogens (primary N) is 2. The number of para-hydroxylation sites is 1. The molecule has 4 rings (SSSR count). The van der Waals surface area contributed by atoms with Gasteiger partial charge in [-0.15, -0.1) is 11.8 Å². The van der Waals surface area contributed by atoms with E-state index in [1.807, 2.05) is 47.5 Å². The maximum Gasteiger partial charge on any atom is 0.245 e. The number of thioether (sulfide) groups is 1. The first-order valence-corrected chi connectivity index (χ1v) is 13.4. The van der Waals surface area contributed by atoms with Gasteiger partial charge < -0.3 is 26.7 Å². The number of carbonyl (C=O) groups is 2. The van der Waals surface area contributed by atoms with Crippen LogP contribution >= 0.6 is 11.8 Å². The molecule has 0 unspecified atom stereocenters. The van der Waals surface area contributed by atoms with Gasteiger partial charge in [-0.2, -0.15) is 0 Å². The molecule has 36 heavy (non-hydrogen) atoms. The number of nitrogens with zero attached hydrogens (tertiary/aromatic N) is 2. The normalized spacial score (nSPS) is 18.8. The van der Waals surface area contributed by atoms with E-state index in [9.17, 15) is 9.59 Å². The molecule has 0 bridgehead atoms. The number of aromatic nitrogens is 1. The summed E-state index contributed by atoms with van der Waals surface area (Å²) in [4.78, 5) is 36.2. The van der Waals surface area contributed by atoms with Gasteiger partial charge in [0.2, 0.25) is 11.8 Å². The Hall–Kier alpha value is -3.46. The van der Waals surface area contributed by atoms with Gasteiger partial charge in [-0.05, 0) is 42.9 Å². The summed E-state index contributed by atoms with van der Waals surface area (Å²) in [6.45, 7) is 1.62. The van der Waals surface area contributed by atoms with Gasteiger partial charge in [-0.1, -0.05) is 48.5 Å². The molecule has 6 N–H and O–H groups in total. The standard InChI is InChI=1S/C27H34N6O2S/c28-27(29)30-13-6-11-23-26(35)33(14-12-19-7-2-1-3-8-19)15-16-36-24(25(34)32-23)17-20-18-31-22-10-5-4-9-21(20)22/h1-5,7-10,18,23-24,31H,6,11-17H2,(H,32,34)(H4,28,29,30)/t23-,24+/m1/s1. The van der Waals surface area contributed by atoms with Crippen LogP contribution in [0.25, 0.3) is 10.9 Å². The monoisotopic (exact) mass is 506 g/mol. The highest BCUT2D eigenvalue weighted by Crippen LogP contribution is 2.25. The van der Waals surface area contributed by atoms with Crippen molar-refractivity contribution in [3.63, 3.8) is 0 Å². The molecular weight excluding hydrogens is 472 g/mol. The molecule has 0 saturated carbocycles. The lowest BCUT2D eigenvalue weighted by molar-refractivity contribution is -0.136. The fraction of sp³-hybridized carbons (Fsp3) is 0.370. The first kappa shape index (κ1) is 25.6. The summed E-state index contributed by atoms with van der Waals surface area (Å²) in [6.07, 6.45) is 4.42. The number of nitrogens with one attached hydrogen (secondary N) is 2. The van der Waals surface area contributed by atoms with Gasteiger partial charge in [0, 0.05) is 42.5 Å². The quantitative estimate of drug-likeness (QED) is 0.201. The van der Waals surface area contributed by atoms with Gasteiger partial charge in [-0.25, -0.2) is 0 Å². The van der Waals surface area contributed by atoms with Gasteiger partial charge in [0.05, 0.1) is 5.25 Å². The van der Waals surface area contributed by atoms with E-state index in [0.29, 0.717) is 44.6 Å². The van der Waals surface area contributed by atoms with Gasteiger partial charge in [0.1, 0.15) is 6.04 Å². The Labute approximate surface area is 215 Å². The summed E-state index contributed by atoms with van der Waals surface area (Å²) in [7, 11) is 0.